The summed E-state index contributed by atoms with van der Waals surface area (Å²) in [4.78, 5) is 11.5. The molecule has 1 unspecified atom stereocenters. The maximum atomic E-state index is 12.9. The van der Waals surface area contributed by atoms with Gasteiger partial charge in [0.05, 0.1) is 28.5 Å². The van der Waals surface area contributed by atoms with Crippen LogP contribution in [0.25, 0.3) is 11.1 Å². The van der Waals surface area contributed by atoms with Gasteiger partial charge in [0.2, 0.25) is 0 Å². The van der Waals surface area contributed by atoms with Crippen molar-refractivity contribution in [1.29, 1.82) is 0 Å². The first kappa shape index (κ1) is 31.1. The fourth-order valence-corrected chi connectivity index (χ4v) is 5.81. The Morgan fingerprint density at radius 3 is 1.89 bits per heavy atom. The van der Waals surface area contributed by atoms with Crippen molar-refractivity contribution in [3.63, 3.8) is 0 Å². The van der Waals surface area contributed by atoms with Gasteiger partial charge in [-0.1, -0.05) is 30.3 Å². The number of para-hydroxylation sites is 1. The lowest BCUT2D eigenvalue weighted by atomic mass is 10.0. The zero-order chi connectivity index (χ0) is 32.5. The van der Waals surface area contributed by atoms with Gasteiger partial charge in [-0.2, -0.15) is 42.3 Å². The van der Waals surface area contributed by atoms with Crippen molar-refractivity contribution in [1.82, 2.24) is 0 Å². The number of amides is 1. The third-order valence-electron chi connectivity index (χ3n) is 6.49. The number of anilines is 3. The molecule has 230 valence electrons. The first-order valence-corrected chi connectivity index (χ1v) is 15.8. The van der Waals surface area contributed by atoms with E-state index in [4.69, 9.17) is 11.5 Å². The van der Waals surface area contributed by atoms with Crippen molar-refractivity contribution < 1.29 is 30.7 Å². The zero-order valence-corrected chi connectivity index (χ0v) is 24.9. The highest BCUT2D eigenvalue weighted by molar-refractivity contribution is 7.86. The topological polar surface area (TPSA) is 243 Å². The Balaban J connectivity index is 1.50. The first-order valence-electron chi connectivity index (χ1n) is 12.9. The maximum Gasteiger partial charge on any atom is 0.295 e. The van der Waals surface area contributed by atoms with Gasteiger partial charge >= 0.3 is 0 Å². The summed E-state index contributed by atoms with van der Waals surface area (Å²) in [5.41, 5.74) is 12.6. The smallest absolute Gasteiger partial charge is 0.295 e. The van der Waals surface area contributed by atoms with Crippen LogP contribution in [-0.4, -0.2) is 43.6 Å². The van der Waals surface area contributed by atoms with Crippen LogP contribution in [0.2, 0.25) is 0 Å². The Kier molecular flexibility index (Phi) is 8.26. The highest BCUT2D eigenvalue weighted by Gasteiger charge is 2.34. The van der Waals surface area contributed by atoms with Gasteiger partial charge in [-0.15, -0.1) is 5.11 Å². The fraction of sp³-hybridized carbons (Fsp3) is 0.0714. The van der Waals surface area contributed by atoms with Crippen LogP contribution < -0.4 is 16.5 Å². The summed E-state index contributed by atoms with van der Waals surface area (Å²) >= 11 is 0. The fourth-order valence-electron chi connectivity index (χ4n) is 4.36. The Hall–Kier alpha value is -5.36. The van der Waals surface area contributed by atoms with Gasteiger partial charge in [0.15, 0.2) is 6.04 Å². The maximum absolute atomic E-state index is 12.9. The molecule has 1 aliphatic rings. The quantitative estimate of drug-likeness (QED) is 0.110. The van der Waals surface area contributed by atoms with Gasteiger partial charge in [0.1, 0.15) is 15.5 Å². The monoisotopic (exact) mass is 648 g/mol. The van der Waals surface area contributed by atoms with Crippen LogP contribution in [0, 0.1) is 0 Å². The van der Waals surface area contributed by atoms with Crippen molar-refractivity contribution in [2.75, 3.05) is 16.5 Å². The molecule has 1 atom stereocenters. The second kappa shape index (κ2) is 12.0. The van der Waals surface area contributed by atoms with Crippen LogP contribution in [0.5, 0.6) is 0 Å². The predicted molar refractivity (Wildman–Crippen MR) is 166 cm³/mol. The van der Waals surface area contributed by atoms with E-state index in [-0.39, 0.29) is 33.9 Å². The van der Waals surface area contributed by atoms with Crippen LogP contribution in [-0.2, 0) is 25.0 Å². The Morgan fingerprint density at radius 2 is 1.33 bits per heavy atom. The molecule has 0 bridgehead atoms. The van der Waals surface area contributed by atoms with Crippen LogP contribution in [0.4, 0.5) is 34.1 Å². The molecule has 17 heteroatoms. The van der Waals surface area contributed by atoms with Gasteiger partial charge in [0.25, 0.3) is 26.1 Å². The second-order valence-electron chi connectivity index (χ2n) is 9.67. The molecule has 4 aromatic carbocycles. The molecule has 0 saturated heterocycles. The number of hydrogen-bond donors (Lipinski definition) is 4. The number of rotatable bonds is 8. The van der Waals surface area contributed by atoms with E-state index in [2.05, 4.69) is 25.6 Å². The predicted octanol–water partition coefficient (Wildman–Crippen LogP) is 5.30. The highest BCUT2D eigenvalue weighted by atomic mass is 32.2. The minimum atomic E-state index is -4.98. The lowest BCUT2D eigenvalue weighted by molar-refractivity contribution is -0.117. The summed E-state index contributed by atoms with van der Waals surface area (Å²) in [6.07, 6.45) is 0. The number of carbonyl (C=O) groups excluding carboxylic acids is 1. The standard InChI is InChI=1S/C28H24N8O7S2/c1-16-27(28(37)36(35-16)20-5-3-2-4-6-20)34-32-19-9-11-22(26(15-19)45(41,42)43)21-10-8-18(14-25(21)44(38,39)40)31-33-24-12-7-17(29)13-23(24)30/h2-15,27H,29-30H2,1H3,(H,38,39,40)(H,41,42,43). The number of benzene rings is 4. The highest BCUT2D eigenvalue weighted by Crippen LogP contribution is 2.37. The van der Waals surface area contributed by atoms with Gasteiger partial charge in [0, 0.05) is 16.8 Å². The number of azo groups is 2. The molecule has 6 N–H and O–H groups in total. The van der Waals surface area contributed by atoms with Crippen molar-refractivity contribution in [2.45, 2.75) is 22.8 Å². The molecule has 45 heavy (non-hydrogen) atoms. The molecule has 1 aliphatic heterocycles. The lowest BCUT2D eigenvalue weighted by Crippen LogP contribution is -2.29. The average Bonchev–Trinajstić information content (AvgIpc) is 3.27. The normalized spacial score (nSPS) is 15.7. The third-order valence-corrected chi connectivity index (χ3v) is 8.27. The van der Waals surface area contributed by atoms with E-state index in [1.807, 2.05) is 0 Å². The molecule has 15 nitrogen and oxygen atoms in total. The van der Waals surface area contributed by atoms with Gasteiger partial charge in [-0.05, 0) is 61.5 Å². The molecule has 0 fully saturated rings. The lowest BCUT2D eigenvalue weighted by Gasteiger charge is -2.13. The van der Waals surface area contributed by atoms with E-state index < -0.39 is 42.0 Å². The van der Waals surface area contributed by atoms with E-state index in [0.717, 1.165) is 12.1 Å². The van der Waals surface area contributed by atoms with Crippen molar-refractivity contribution in [3.05, 3.63) is 84.9 Å². The van der Waals surface area contributed by atoms with E-state index >= 15 is 0 Å². The molecule has 0 saturated carbocycles. The zero-order valence-electron chi connectivity index (χ0n) is 23.3. The number of hydrogen-bond acceptors (Lipinski definition) is 12. The molecule has 0 radical (unpaired) electrons. The number of carbonyl (C=O) groups is 1. The molecular formula is C28H24N8O7S2. The summed E-state index contributed by atoms with van der Waals surface area (Å²) in [5.74, 6) is -0.483. The minimum absolute atomic E-state index is 0.0239. The van der Waals surface area contributed by atoms with Crippen molar-refractivity contribution >= 4 is 66.0 Å². The van der Waals surface area contributed by atoms with Crippen molar-refractivity contribution in [3.8, 4) is 11.1 Å². The average molecular weight is 649 g/mol. The molecule has 0 aromatic heterocycles. The number of nitrogen functional groups attached to an aromatic ring is 2. The summed E-state index contributed by atoms with van der Waals surface area (Å²) < 4.78 is 69.6. The molecule has 1 heterocycles. The van der Waals surface area contributed by atoms with E-state index in [0.29, 0.717) is 17.1 Å². The Labute approximate surface area is 257 Å². The van der Waals surface area contributed by atoms with E-state index in [9.17, 15) is 30.7 Å². The van der Waals surface area contributed by atoms with Crippen LogP contribution in [0.1, 0.15) is 6.92 Å². The van der Waals surface area contributed by atoms with Gasteiger partial charge in [-0.3, -0.25) is 13.9 Å². The van der Waals surface area contributed by atoms with Gasteiger partial charge < -0.3 is 11.5 Å². The molecule has 0 spiro atoms. The molecule has 5 rings (SSSR count). The Morgan fingerprint density at radius 1 is 0.756 bits per heavy atom. The van der Waals surface area contributed by atoms with E-state index in [1.165, 1.54) is 47.5 Å². The number of nitrogens with zero attached hydrogens (tertiary/aromatic N) is 6. The number of nitrogens with two attached hydrogens (primary N) is 2. The second-order valence-corrected chi connectivity index (χ2v) is 12.5. The molecule has 4 aromatic rings. The third kappa shape index (κ3) is 6.75. The molecular weight excluding hydrogens is 624 g/mol. The summed E-state index contributed by atoms with van der Waals surface area (Å²) in [6.45, 7) is 1.59. The first-order chi connectivity index (χ1) is 21.2. The summed E-state index contributed by atoms with van der Waals surface area (Å²) in [6, 6.07) is 18.9. The molecule has 1 amide bonds. The van der Waals surface area contributed by atoms with Crippen molar-refractivity contribution in [2.24, 2.45) is 25.6 Å². The summed E-state index contributed by atoms with van der Waals surface area (Å²) in [5, 5.41) is 21.3. The van der Waals surface area contributed by atoms with Crippen LogP contribution >= 0.6 is 0 Å². The largest absolute Gasteiger partial charge is 0.399 e. The minimum Gasteiger partial charge on any atom is -0.399 e. The van der Waals surface area contributed by atoms with Crippen LogP contribution in [0.15, 0.2) is 120 Å². The van der Waals surface area contributed by atoms with Gasteiger partial charge in [-0.25, -0.2) is 0 Å². The SMILES string of the molecule is CC1=NN(c2ccccc2)C(=O)C1N=Nc1ccc(-c2ccc(N=Nc3ccc(N)cc3N)cc2S(=O)(=O)O)c(S(=O)(=O)O)c1. The number of hydrazone groups is 1. The molecule has 0 aliphatic carbocycles. The van der Waals surface area contributed by atoms with Crippen LogP contribution in [0.3, 0.4) is 0 Å². The summed E-state index contributed by atoms with van der Waals surface area (Å²) in [7, 11) is -9.93. The van der Waals surface area contributed by atoms with E-state index in [1.54, 1.807) is 37.3 Å². The Bertz CT molecular complexity index is 2140.